The highest BCUT2D eigenvalue weighted by Crippen LogP contribution is 2.15. The van der Waals surface area contributed by atoms with Crippen LogP contribution in [-0.2, 0) is 9.47 Å². The van der Waals surface area contributed by atoms with E-state index in [0.717, 1.165) is 39.4 Å². The lowest BCUT2D eigenvalue weighted by Gasteiger charge is -2.21. The van der Waals surface area contributed by atoms with Gasteiger partial charge in [0.25, 0.3) is 0 Å². The van der Waals surface area contributed by atoms with Gasteiger partial charge in [-0.1, -0.05) is 13.8 Å². The van der Waals surface area contributed by atoms with Crippen LogP contribution >= 0.6 is 0 Å². The summed E-state index contributed by atoms with van der Waals surface area (Å²) in [7, 11) is 10.4. The third-order valence-electron chi connectivity index (χ3n) is 3.14. The highest BCUT2D eigenvalue weighted by molar-refractivity contribution is 4.84. The number of nitrogens with zero attached hydrogens (tertiary/aromatic N) is 3. The standard InChI is InChI=1S/C13H29N3O2.C2H6/c1-14(2)6-8-17-12-10-16(5)11-13(12)18-9-7-15(3)4;1-2/h12-13H,6-11H2,1-5H3;1-2H3. The van der Waals surface area contributed by atoms with Gasteiger partial charge in [0.1, 0.15) is 0 Å². The van der Waals surface area contributed by atoms with Crippen LogP contribution < -0.4 is 0 Å². The van der Waals surface area contributed by atoms with Crippen molar-refractivity contribution in [2.24, 2.45) is 0 Å². The first-order valence-corrected chi connectivity index (χ1v) is 7.70. The molecule has 1 fully saturated rings. The Kier molecular flexibility index (Phi) is 11.3. The average Bonchev–Trinajstić information content (AvgIpc) is 2.71. The van der Waals surface area contributed by atoms with Gasteiger partial charge in [-0.05, 0) is 35.2 Å². The molecule has 20 heavy (non-hydrogen) atoms. The minimum atomic E-state index is 0.220. The first-order valence-electron chi connectivity index (χ1n) is 7.70. The van der Waals surface area contributed by atoms with Gasteiger partial charge in [0, 0.05) is 26.2 Å². The molecule has 2 atom stereocenters. The van der Waals surface area contributed by atoms with E-state index in [2.05, 4.69) is 49.9 Å². The fourth-order valence-corrected chi connectivity index (χ4v) is 2.02. The van der Waals surface area contributed by atoms with E-state index in [0.29, 0.717) is 0 Å². The van der Waals surface area contributed by atoms with E-state index in [1.165, 1.54) is 0 Å². The van der Waals surface area contributed by atoms with E-state index in [-0.39, 0.29) is 12.2 Å². The Morgan fingerprint density at radius 1 is 0.850 bits per heavy atom. The lowest BCUT2D eigenvalue weighted by Crippen LogP contribution is -2.34. The van der Waals surface area contributed by atoms with Gasteiger partial charge in [0.2, 0.25) is 0 Å². The molecule has 2 unspecified atom stereocenters. The van der Waals surface area contributed by atoms with Crippen molar-refractivity contribution in [1.29, 1.82) is 0 Å². The normalized spacial score (nSPS) is 23.2. The Hall–Kier alpha value is -0.200. The maximum atomic E-state index is 5.93. The third-order valence-corrected chi connectivity index (χ3v) is 3.14. The Morgan fingerprint density at radius 3 is 1.50 bits per heavy atom. The van der Waals surface area contributed by atoms with Gasteiger partial charge in [0.15, 0.2) is 0 Å². The molecule has 0 saturated carbocycles. The molecule has 0 spiro atoms. The molecule has 0 bridgehead atoms. The van der Waals surface area contributed by atoms with Crippen molar-refractivity contribution in [2.75, 3.05) is 74.6 Å². The van der Waals surface area contributed by atoms with E-state index < -0.39 is 0 Å². The van der Waals surface area contributed by atoms with Crippen LogP contribution in [0.2, 0.25) is 0 Å². The van der Waals surface area contributed by atoms with Crippen molar-refractivity contribution in [3.63, 3.8) is 0 Å². The van der Waals surface area contributed by atoms with Crippen molar-refractivity contribution in [3.05, 3.63) is 0 Å². The van der Waals surface area contributed by atoms with Crippen LogP contribution in [0.15, 0.2) is 0 Å². The Bertz CT molecular complexity index is 203. The molecule has 0 aromatic heterocycles. The number of likely N-dealkylation sites (N-methyl/N-ethyl adjacent to an activating group) is 3. The number of hydrogen-bond acceptors (Lipinski definition) is 5. The summed E-state index contributed by atoms with van der Waals surface area (Å²) in [5.41, 5.74) is 0. The molecule has 1 aliphatic rings. The summed E-state index contributed by atoms with van der Waals surface area (Å²) in [5.74, 6) is 0. The smallest absolute Gasteiger partial charge is 0.0976 e. The van der Waals surface area contributed by atoms with Crippen LogP contribution in [0.5, 0.6) is 0 Å². The fourth-order valence-electron chi connectivity index (χ4n) is 2.02. The predicted octanol–water partition coefficient (Wildman–Crippen LogP) is 0.852. The van der Waals surface area contributed by atoms with E-state index >= 15 is 0 Å². The molecule has 0 N–H and O–H groups in total. The summed E-state index contributed by atoms with van der Waals surface area (Å²) in [6.07, 6.45) is 0.439. The van der Waals surface area contributed by atoms with Crippen molar-refractivity contribution < 1.29 is 9.47 Å². The molecule has 1 rings (SSSR count). The van der Waals surface area contributed by atoms with Gasteiger partial charge in [-0.2, -0.15) is 0 Å². The molecule has 0 radical (unpaired) electrons. The summed E-state index contributed by atoms with van der Waals surface area (Å²) < 4.78 is 11.9. The minimum Gasteiger partial charge on any atom is -0.373 e. The third kappa shape index (κ3) is 8.87. The van der Waals surface area contributed by atoms with Gasteiger partial charge >= 0.3 is 0 Å². The molecule has 5 heteroatoms. The zero-order chi connectivity index (χ0) is 15.5. The highest BCUT2D eigenvalue weighted by Gasteiger charge is 2.32. The van der Waals surface area contributed by atoms with Crippen LogP contribution in [0.25, 0.3) is 0 Å². The van der Waals surface area contributed by atoms with Crippen LogP contribution in [0, 0.1) is 0 Å². The van der Waals surface area contributed by atoms with Gasteiger partial charge in [-0.3, -0.25) is 0 Å². The molecule has 0 aliphatic carbocycles. The largest absolute Gasteiger partial charge is 0.373 e. The summed E-state index contributed by atoms with van der Waals surface area (Å²) in [4.78, 5) is 6.56. The van der Waals surface area contributed by atoms with Gasteiger partial charge in [0.05, 0.1) is 25.4 Å². The number of ether oxygens (including phenoxy) is 2. The van der Waals surface area contributed by atoms with Gasteiger partial charge in [-0.15, -0.1) is 0 Å². The second kappa shape index (κ2) is 11.5. The molecule has 0 aromatic rings. The second-order valence-corrected chi connectivity index (χ2v) is 5.65. The minimum absolute atomic E-state index is 0.220. The van der Waals surface area contributed by atoms with E-state index in [9.17, 15) is 0 Å². The van der Waals surface area contributed by atoms with Crippen LogP contribution in [0.4, 0.5) is 0 Å². The average molecular weight is 289 g/mol. The highest BCUT2D eigenvalue weighted by atomic mass is 16.5. The molecule has 0 aromatic carbocycles. The Labute approximate surface area is 125 Å². The quantitative estimate of drug-likeness (QED) is 0.661. The number of likely N-dealkylation sites (tertiary alicyclic amines) is 1. The van der Waals surface area contributed by atoms with E-state index in [4.69, 9.17) is 9.47 Å². The number of rotatable bonds is 8. The van der Waals surface area contributed by atoms with E-state index in [1.54, 1.807) is 0 Å². The van der Waals surface area contributed by atoms with Crippen molar-refractivity contribution in [3.8, 4) is 0 Å². The fraction of sp³-hybridized carbons (Fsp3) is 1.00. The molecular weight excluding hydrogens is 254 g/mol. The summed E-state index contributed by atoms with van der Waals surface area (Å²) in [6, 6.07) is 0. The van der Waals surface area contributed by atoms with Crippen molar-refractivity contribution in [1.82, 2.24) is 14.7 Å². The van der Waals surface area contributed by atoms with Gasteiger partial charge in [-0.25, -0.2) is 0 Å². The van der Waals surface area contributed by atoms with Crippen LogP contribution in [-0.4, -0.2) is 102 Å². The maximum absolute atomic E-state index is 5.93. The monoisotopic (exact) mass is 289 g/mol. The summed E-state index contributed by atoms with van der Waals surface area (Å²) >= 11 is 0. The SMILES string of the molecule is CC.CN(C)CCOC1CN(C)CC1OCCN(C)C. The van der Waals surface area contributed by atoms with Crippen molar-refractivity contribution >= 4 is 0 Å². The number of hydrogen-bond donors (Lipinski definition) is 0. The van der Waals surface area contributed by atoms with Crippen LogP contribution in [0.1, 0.15) is 13.8 Å². The predicted molar refractivity (Wildman–Crippen MR) is 85.4 cm³/mol. The second-order valence-electron chi connectivity index (χ2n) is 5.65. The summed E-state index contributed by atoms with van der Waals surface area (Å²) in [5, 5.41) is 0. The van der Waals surface area contributed by atoms with Gasteiger partial charge < -0.3 is 24.2 Å². The molecule has 0 amide bonds. The lowest BCUT2D eigenvalue weighted by molar-refractivity contribution is -0.0511. The zero-order valence-electron chi connectivity index (χ0n) is 14.6. The topological polar surface area (TPSA) is 28.2 Å². The van der Waals surface area contributed by atoms with E-state index in [1.807, 2.05) is 13.8 Å². The maximum Gasteiger partial charge on any atom is 0.0976 e. The Balaban J connectivity index is 0.00000172. The van der Waals surface area contributed by atoms with Crippen molar-refractivity contribution in [2.45, 2.75) is 26.1 Å². The first-order chi connectivity index (χ1) is 9.49. The Morgan fingerprint density at radius 2 is 1.20 bits per heavy atom. The molecule has 5 nitrogen and oxygen atoms in total. The molecule has 1 heterocycles. The zero-order valence-corrected chi connectivity index (χ0v) is 14.6. The first kappa shape index (κ1) is 19.8. The lowest BCUT2D eigenvalue weighted by atomic mass is 10.2. The molecular formula is C15H35N3O2. The molecule has 122 valence electrons. The summed E-state index contributed by atoms with van der Waals surface area (Å²) in [6.45, 7) is 9.42. The van der Waals surface area contributed by atoms with Crippen LogP contribution in [0.3, 0.4) is 0 Å². The molecule has 1 aliphatic heterocycles. The molecule has 1 saturated heterocycles.